The molecule has 1 saturated heterocycles. The lowest BCUT2D eigenvalue weighted by Gasteiger charge is -2.35. The van der Waals surface area contributed by atoms with Gasteiger partial charge >= 0.3 is 0 Å². The number of sulfonamides is 1. The Morgan fingerprint density at radius 3 is 2.42 bits per heavy atom. The number of hydrogen-bond donors (Lipinski definition) is 0. The van der Waals surface area contributed by atoms with Crippen LogP contribution in [0.1, 0.15) is 56.8 Å². The van der Waals surface area contributed by atoms with Crippen molar-refractivity contribution < 1.29 is 13.2 Å². The zero-order valence-electron chi connectivity index (χ0n) is 18.5. The van der Waals surface area contributed by atoms with Crippen molar-refractivity contribution in [3.05, 3.63) is 88.6 Å². The number of benzene rings is 2. The predicted octanol–water partition coefficient (Wildman–Crippen LogP) is 5.92. The third kappa shape index (κ3) is 4.35. The summed E-state index contributed by atoms with van der Waals surface area (Å²) in [7, 11) is -3.64. The van der Waals surface area contributed by atoms with E-state index in [4.69, 9.17) is 4.74 Å². The second-order valence-corrected chi connectivity index (χ2v) is 10.3. The summed E-state index contributed by atoms with van der Waals surface area (Å²) in [5, 5.41) is 0. The Balaban J connectivity index is 1.74. The molecule has 2 aromatic rings. The molecule has 0 amide bonds. The Morgan fingerprint density at radius 2 is 1.74 bits per heavy atom. The average molecular weight is 438 g/mol. The summed E-state index contributed by atoms with van der Waals surface area (Å²) in [6, 6.07) is 17.5. The molecule has 0 aromatic heterocycles. The molecule has 0 N–H and O–H groups in total. The van der Waals surface area contributed by atoms with Crippen LogP contribution in [-0.2, 0) is 14.8 Å². The minimum atomic E-state index is -3.64. The van der Waals surface area contributed by atoms with Gasteiger partial charge in [-0.05, 0) is 75.3 Å². The maximum Gasteiger partial charge on any atom is 0.264 e. The molecule has 1 fully saturated rings. The highest BCUT2D eigenvalue weighted by Gasteiger charge is 2.37. The number of aryl methyl sites for hydroxylation is 1. The van der Waals surface area contributed by atoms with Crippen LogP contribution in [0.5, 0.6) is 0 Å². The molecule has 2 aliphatic rings. The first-order chi connectivity index (χ1) is 14.9. The van der Waals surface area contributed by atoms with Crippen molar-refractivity contribution in [3.8, 4) is 0 Å². The minimum absolute atomic E-state index is 0.0536. The van der Waals surface area contributed by atoms with Gasteiger partial charge in [0.05, 0.1) is 22.8 Å². The van der Waals surface area contributed by atoms with Gasteiger partial charge in [-0.25, -0.2) is 8.42 Å². The summed E-state index contributed by atoms with van der Waals surface area (Å²) < 4.78 is 35.5. The van der Waals surface area contributed by atoms with E-state index < -0.39 is 10.0 Å². The van der Waals surface area contributed by atoms with Gasteiger partial charge in [0.1, 0.15) is 0 Å². The third-order valence-corrected chi connectivity index (χ3v) is 8.17. The van der Waals surface area contributed by atoms with Crippen LogP contribution in [0.25, 0.3) is 0 Å². The van der Waals surface area contributed by atoms with Crippen LogP contribution in [0.4, 0.5) is 0 Å². The van der Waals surface area contributed by atoms with E-state index in [1.165, 1.54) is 5.56 Å². The van der Waals surface area contributed by atoms with Gasteiger partial charge in [-0.2, -0.15) is 0 Å². The van der Waals surface area contributed by atoms with E-state index in [-0.39, 0.29) is 12.2 Å². The van der Waals surface area contributed by atoms with Crippen LogP contribution in [0.15, 0.2) is 82.4 Å². The molecule has 2 aliphatic heterocycles. The van der Waals surface area contributed by atoms with Gasteiger partial charge in [0, 0.05) is 6.54 Å². The molecule has 4 rings (SSSR count). The number of ether oxygens (including phenoxy) is 1. The molecule has 2 atom stereocenters. The molecule has 0 unspecified atom stereocenters. The smallest absolute Gasteiger partial charge is 0.264 e. The maximum atomic E-state index is 13.7. The normalized spacial score (nSPS) is 22.8. The van der Waals surface area contributed by atoms with Gasteiger partial charge in [0.2, 0.25) is 0 Å². The zero-order valence-corrected chi connectivity index (χ0v) is 19.4. The largest absolute Gasteiger partial charge is 0.366 e. The van der Waals surface area contributed by atoms with Gasteiger partial charge in [-0.15, -0.1) is 0 Å². The minimum Gasteiger partial charge on any atom is -0.366 e. The van der Waals surface area contributed by atoms with E-state index in [1.807, 2.05) is 57.2 Å². The summed E-state index contributed by atoms with van der Waals surface area (Å²) >= 11 is 0. The predicted molar refractivity (Wildman–Crippen MR) is 124 cm³/mol. The standard InChI is InChI=1S/C26H31NO3S/c1-4-20(3)26-23-16-17-24(21-9-6-5-7-10-21)30-25(23)11-8-18-27(26)31(28,29)22-14-12-19(2)13-15-22/h4-7,9-10,12-15,24-25H,8,11,16-18H2,1-3H3/b20-4+/t24-,25-/m1/s1. The maximum absolute atomic E-state index is 13.7. The first kappa shape index (κ1) is 21.8. The van der Waals surface area contributed by atoms with Gasteiger partial charge in [-0.1, -0.05) is 54.1 Å². The Hall–Kier alpha value is -2.37. The summed E-state index contributed by atoms with van der Waals surface area (Å²) in [5.41, 5.74) is 5.18. The van der Waals surface area contributed by atoms with Crippen molar-refractivity contribution in [2.75, 3.05) is 6.54 Å². The number of allylic oxidation sites excluding steroid dienone is 2. The molecule has 164 valence electrons. The molecule has 0 bridgehead atoms. The SMILES string of the molecule is C/C=C(\C)C1=C2CC[C@H](c3ccccc3)O[C@@H]2CCCN1S(=O)(=O)c1ccc(C)cc1. The third-order valence-electron chi connectivity index (χ3n) is 6.36. The van der Waals surface area contributed by atoms with E-state index in [0.717, 1.165) is 48.1 Å². The van der Waals surface area contributed by atoms with Crippen LogP contribution >= 0.6 is 0 Å². The van der Waals surface area contributed by atoms with Crippen molar-refractivity contribution in [1.82, 2.24) is 4.31 Å². The second-order valence-electron chi connectivity index (χ2n) is 8.44. The van der Waals surface area contributed by atoms with Crippen molar-refractivity contribution in [2.24, 2.45) is 0 Å². The summed E-state index contributed by atoms with van der Waals surface area (Å²) in [4.78, 5) is 0.345. The van der Waals surface area contributed by atoms with Gasteiger partial charge < -0.3 is 4.74 Å². The second kappa shape index (κ2) is 9.01. The topological polar surface area (TPSA) is 46.6 Å². The number of rotatable bonds is 4. The van der Waals surface area contributed by atoms with Gasteiger partial charge in [0.25, 0.3) is 10.0 Å². The molecule has 4 nitrogen and oxygen atoms in total. The first-order valence-corrected chi connectivity index (χ1v) is 12.5. The number of nitrogens with zero attached hydrogens (tertiary/aromatic N) is 1. The fraction of sp³-hybridized carbons (Fsp3) is 0.385. The lowest BCUT2D eigenvalue weighted by Crippen LogP contribution is -2.33. The number of fused-ring (bicyclic) bond motifs is 1. The van der Waals surface area contributed by atoms with Gasteiger partial charge in [0.15, 0.2) is 0 Å². The monoisotopic (exact) mass is 437 g/mol. The van der Waals surface area contributed by atoms with Crippen LogP contribution in [0, 0.1) is 6.92 Å². The summed E-state index contributed by atoms with van der Waals surface area (Å²) in [5.74, 6) is 0. The highest BCUT2D eigenvalue weighted by Crippen LogP contribution is 2.42. The Bertz CT molecular complexity index is 1090. The fourth-order valence-corrected chi connectivity index (χ4v) is 6.18. The van der Waals surface area contributed by atoms with E-state index in [9.17, 15) is 8.42 Å². The molecular weight excluding hydrogens is 406 g/mol. The number of hydrogen-bond acceptors (Lipinski definition) is 3. The highest BCUT2D eigenvalue weighted by molar-refractivity contribution is 7.89. The van der Waals surface area contributed by atoms with Crippen molar-refractivity contribution in [3.63, 3.8) is 0 Å². The molecule has 5 heteroatoms. The van der Waals surface area contributed by atoms with E-state index in [0.29, 0.717) is 11.4 Å². The lowest BCUT2D eigenvalue weighted by atomic mass is 9.90. The van der Waals surface area contributed by atoms with Crippen molar-refractivity contribution in [1.29, 1.82) is 0 Å². The Labute approximate surface area is 186 Å². The molecular formula is C26H31NO3S. The summed E-state index contributed by atoms with van der Waals surface area (Å²) in [6.07, 6.45) is 5.30. The Morgan fingerprint density at radius 1 is 1.03 bits per heavy atom. The van der Waals surface area contributed by atoms with Crippen LogP contribution in [-0.4, -0.2) is 25.4 Å². The highest BCUT2D eigenvalue weighted by atomic mass is 32.2. The molecule has 0 radical (unpaired) electrons. The van der Waals surface area contributed by atoms with E-state index in [1.54, 1.807) is 16.4 Å². The molecule has 2 aromatic carbocycles. The van der Waals surface area contributed by atoms with Crippen LogP contribution in [0.3, 0.4) is 0 Å². The van der Waals surface area contributed by atoms with Gasteiger partial charge in [-0.3, -0.25) is 4.31 Å². The van der Waals surface area contributed by atoms with E-state index >= 15 is 0 Å². The van der Waals surface area contributed by atoms with Crippen LogP contribution < -0.4 is 0 Å². The summed E-state index contributed by atoms with van der Waals surface area (Å²) in [6.45, 7) is 6.41. The van der Waals surface area contributed by atoms with Crippen molar-refractivity contribution >= 4 is 10.0 Å². The van der Waals surface area contributed by atoms with E-state index in [2.05, 4.69) is 12.1 Å². The van der Waals surface area contributed by atoms with Crippen LogP contribution in [0.2, 0.25) is 0 Å². The molecule has 0 saturated carbocycles. The molecule has 0 aliphatic carbocycles. The lowest BCUT2D eigenvalue weighted by molar-refractivity contribution is -0.0242. The fourth-order valence-electron chi connectivity index (χ4n) is 4.58. The zero-order chi connectivity index (χ0) is 22.0. The quantitative estimate of drug-likeness (QED) is 0.596. The Kier molecular flexibility index (Phi) is 6.35. The first-order valence-electron chi connectivity index (χ1n) is 11.1. The average Bonchev–Trinajstić information content (AvgIpc) is 2.99. The molecule has 31 heavy (non-hydrogen) atoms. The molecule has 2 heterocycles. The molecule has 0 spiro atoms. The van der Waals surface area contributed by atoms with Crippen molar-refractivity contribution in [2.45, 2.75) is 63.6 Å².